The van der Waals surface area contributed by atoms with Crippen LogP contribution in [0.1, 0.15) is 24.8 Å². The van der Waals surface area contributed by atoms with Gasteiger partial charge in [0.15, 0.2) is 0 Å². The van der Waals surface area contributed by atoms with Gasteiger partial charge in [0.1, 0.15) is 6.04 Å². The Morgan fingerprint density at radius 3 is 2.71 bits per heavy atom. The third-order valence-corrected chi connectivity index (χ3v) is 3.33. The van der Waals surface area contributed by atoms with Crippen molar-refractivity contribution in [3.05, 3.63) is 22.4 Å². The van der Waals surface area contributed by atoms with Crippen molar-refractivity contribution in [2.75, 3.05) is 6.54 Å². The summed E-state index contributed by atoms with van der Waals surface area (Å²) in [6.07, 6.45) is 0. The van der Waals surface area contributed by atoms with E-state index in [0.29, 0.717) is 0 Å². The van der Waals surface area contributed by atoms with Gasteiger partial charge in [-0.1, -0.05) is 6.07 Å². The quantitative estimate of drug-likeness (QED) is 0.709. The van der Waals surface area contributed by atoms with Crippen molar-refractivity contribution < 1.29 is 14.7 Å². The molecule has 0 saturated heterocycles. The number of carboxylic acid groups (broad SMARTS) is 1. The summed E-state index contributed by atoms with van der Waals surface area (Å²) in [5.41, 5.74) is 0. The van der Waals surface area contributed by atoms with E-state index in [1.54, 1.807) is 11.3 Å². The summed E-state index contributed by atoms with van der Waals surface area (Å²) in [7, 11) is 0. The van der Waals surface area contributed by atoms with Crippen LogP contribution in [0.3, 0.4) is 0 Å². The van der Waals surface area contributed by atoms with Crippen molar-refractivity contribution >= 4 is 23.2 Å². The van der Waals surface area contributed by atoms with Gasteiger partial charge in [-0.2, -0.15) is 0 Å². The zero-order valence-corrected chi connectivity index (χ0v) is 10.6. The molecule has 0 fully saturated rings. The first-order valence-electron chi connectivity index (χ1n) is 5.27. The number of carbonyl (C=O) groups excluding carboxylic acids is 1. The van der Waals surface area contributed by atoms with Gasteiger partial charge in [0.25, 0.3) is 0 Å². The molecule has 0 aliphatic rings. The minimum Gasteiger partial charge on any atom is -0.480 e. The Kier molecular flexibility index (Phi) is 5.11. The lowest BCUT2D eigenvalue weighted by Crippen LogP contribution is -2.46. The third-order valence-electron chi connectivity index (χ3n) is 2.27. The third kappa shape index (κ3) is 4.54. The molecular weight excluding hydrogens is 240 g/mol. The standard InChI is InChI=1S/C11H16N2O3S/c1-7(10-4-3-5-17-10)12-6-9(11(15)16)13-8(2)14/h3-5,7,9,12H,6H2,1-2H3,(H,13,14)(H,15,16)/t7-,9?/m1/s1. The summed E-state index contributed by atoms with van der Waals surface area (Å²) in [6, 6.07) is 3.11. The number of amides is 1. The highest BCUT2D eigenvalue weighted by molar-refractivity contribution is 7.10. The first kappa shape index (κ1) is 13.7. The lowest BCUT2D eigenvalue weighted by atomic mass is 10.2. The summed E-state index contributed by atoms with van der Waals surface area (Å²) in [6.45, 7) is 3.46. The second kappa shape index (κ2) is 6.36. The molecule has 0 aliphatic heterocycles. The molecule has 0 saturated carbocycles. The monoisotopic (exact) mass is 256 g/mol. The van der Waals surface area contributed by atoms with E-state index in [-0.39, 0.29) is 18.5 Å². The van der Waals surface area contributed by atoms with Gasteiger partial charge in [0, 0.05) is 24.4 Å². The summed E-state index contributed by atoms with van der Waals surface area (Å²) in [4.78, 5) is 22.8. The van der Waals surface area contributed by atoms with Crippen LogP contribution in [0.15, 0.2) is 17.5 Å². The molecule has 17 heavy (non-hydrogen) atoms. The fourth-order valence-corrected chi connectivity index (χ4v) is 2.14. The van der Waals surface area contributed by atoms with Crippen molar-refractivity contribution in [3.8, 4) is 0 Å². The molecule has 0 radical (unpaired) electrons. The van der Waals surface area contributed by atoms with Crippen LogP contribution in [0, 0.1) is 0 Å². The van der Waals surface area contributed by atoms with Gasteiger partial charge < -0.3 is 15.7 Å². The molecule has 5 nitrogen and oxygen atoms in total. The largest absolute Gasteiger partial charge is 0.480 e. The van der Waals surface area contributed by atoms with E-state index < -0.39 is 12.0 Å². The number of carbonyl (C=O) groups is 2. The molecule has 1 heterocycles. The number of rotatable bonds is 6. The lowest BCUT2D eigenvalue weighted by molar-refractivity contribution is -0.141. The van der Waals surface area contributed by atoms with Crippen LogP contribution in [0.5, 0.6) is 0 Å². The topological polar surface area (TPSA) is 78.4 Å². The van der Waals surface area contributed by atoms with Gasteiger partial charge in [-0.15, -0.1) is 11.3 Å². The Morgan fingerprint density at radius 1 is 1.53 bits per heavy atom. The van der Waals surface area contributed by atoms with Crippen molar-refractivity contribution in [1.29, 1.82) is 0 Å². The highest BCUT2D eigenvalue weighted by Crippen LogP contribution is 2.17. The van der Waals surface area contributed by atoms with Gasteiger partial charge in [0.05, 0.1) is 0 Å². The highest BCUT2D eigenvalue weighted by Gasteiger charge is 2.19. The maximum Gasteiger partial charge on any atom is 0.327 e. The summed E-state index contributed by atoms with van der Waals surface area (Å²) >= 11 is 1.61. The number of carboxylic acids is 1. The first-order valence-corrected chi connectivity index (χ1v) is 6.15. The van der Waals surface area contributed by atoms with Crippen molar-refractivity contribution in [1.82, 2.24) is 10.6 Å². The maximum atomic E-state index is 10.9. The second-order valence-corrected chi connectivity index (χ2v) is 4.72. The second-order valence-electron chi connectivity index (χ2n) is 3.74. The molecule has 1 rings (SSSR count). The van der Waals surface area contributed by atoms with E-state index >= 15 is 0 Å². The average molecular weight is 256 g/mol. The van der Waals surface area contributed by atoms with Crippen LogP contribution in [0.2, 0.25) is 0 Å². The van der Waals surface area contributed by atoms with Crippen LogP contribution in [-0.2, 0) is 9.59 Å². The van der Waals surface area contributed by atoms with Crippen molar-refractivity contribution in [2.45, 2.75) is 25.9 Å². The number of nitrogens with one attached hydrogen (secondary N) is 2. The molecule has 0 bridgehead atoms. The molecular formula is C11H16N2O3S. The van der Waals surface area contributed by atoms with Crippen LogP contribution < -0.4 is 10.6 Å². The molecule has 2 atom stereocenters. The molecule has 1 aromatic heterocycles. The van der Waals surface area contributed by atoms with Crippen LogP contribution >= 0.6 is 11.3 Å². The molecule has 6 heteroatoms. The Hall–Kier alpha value is -1.40. The first-order chi connectivity index (χ1) is 8.00. The van der Waals surface area contributed by atoms with Crippen LogP contribution in [0.4, 0.5) is 0 Å². The smallest absolute Gasteiger partial charge is 0.327 e. The summed E-state index contributed by atoms with van der Waals surface area (Å²) < 4.78 is 0. The molecule has 0 aliphatic carbocycles. The van der Waals surface area contributed by atoms with Gasteiger partial charge in [-0.25, -0.2) is 4.79 Å². The predicted octanol–water partition coefficient (Wildman–Crippen LogP) is 0.988. The molecule has 3 N–H and O–H groups in total. The predicted molar refractivity (Wildman–Crippen MR) is 66.0 cm³/mol. The van der Waals surface area contributed by atoms with Crippen LogP contribution in [-0.4, -0.2) is 29.6 Å². The normalized spacial score (nSPS) is 14.0. The number of aliphatic carboxylic acids is 1. The molecule has 94 valence electrons. The van der Waals surface area contributed by atoms with Crippen molar-refractivity contribution in [3.63, 3.8) is 0 Å². The molecule has 0 spiro atoms. The van der Waals surface area contributed by atoms with Gasteiger partial charge in [-0.05, 0) is 18.4 Å². The van der Waals surface area contributed by atoms with E-state index in [1.807, 2.05) is 24.4 Å². The van der Waals surface area contributed by atoms with Crippen LogP contribution in [0.25, 0.3) is 0 Å². The zero-order valence-electron chi connectivity index (χ0n) is 9.77. The fraction of sp³-hybridized carbons (Fsp3) is 0.455. The Bertz CT molecular complexity index is 378. The van der Waals surface area contributed by atoms with Crippen molar-refractivity contribution in [2.24, 2.45) is 0 Å². The maximum absolute atomic E-state index is 10.9. The zero-order chi connectivity index (χ0) is 12.8. The van der Waals surface area contributed by atoms with Gasteiger partial charge in [0.2, 0.25) is 5.91 Å². The highest BCUT2D eigenvalue weighted by atomic mass is 32.1. The minimum absolute atomic E-state index is 0.0746. The van der Waals surface area contributed by atoms with E-state index in [2.05, 4.69) is 10.6 Å². The minimum atomic E-state index is -1.04. The number of hydrogen-bond acceptors (Lipinski definition) is 4. The SMILES string of the molecule is CC(=O)NC(CN[C@H](C)c1cccs1)C(=O)O. The molecule has 0 aromatic carbocycles. The number of thiophene rings is 1. The van der Waals surface area contributed by atoms with E-state index in [9.17, 15) is 9.59 Å². The number of hydrogen-bond donors (Lipinski definition) is 3. The van der Waals surface area contributed by atoms with E-state index in [0.717, 1.165) is 4.88 Å². The van der Waals surface area contributed by atoms with Gasteiger partial charge in [-0.3, -0.25) is 4.79 Å². The molecule has 1 amide bonds. The van der Waals surface area contributed by atoms with E-state index in [4.69, 9.17) is 5.11 Å². The summed E-state index contributed by atoms with van der Waals surface area (Å²) in [5.74, 6) is -1.38. The molecule has 1 unspecified atom stereocenters. The summed E-state index contributed by atoms with van der Waals surface area (Å²) in [5, 5.41) is 16.4. The molecule has 1 aromatic rings. The van der Waals surface area contributed by atoms with E-state index in [1.165, 1.54) is 6.92 Å². The van der Waals surface area contributed by atoms with Gasteiger partial charge >= 0.3 is 5.97 Å². The fourth-order valence-electron chi connectivity index (χ4n) is 1.38. The Labute approximate surface area is 104 Å². The lowest BCUT2D eigenvalue weighted by Gasteiger charge is -2.17. The Morgan fingerprint density at radius 2 is 2.24 bits per heavy atom. The Balaban J connectivity index is 2.46. The average Bonchev–Trinajstić information content (AvgIpc) is 2.76.